The summed E-state index contributed by atoms with van der Waals surface area (Å²) in [6, 6.07) is 20.0. The van der Waals surface area contributed by atoms with Gasteiger partial charge in [0, 0.05) is 23.7 Å². The Morgan fingerprint density at radius 3 is 2.52 bits per heavy atom. The van der Waals surface area contributed by atoms with Crippen molar-refractivity contribution in [2.45, 2.75) is 32.6 Å². The predicted octanol–water partition coefficient (Wildman–Crippen LogP) is 4.97. The maximum absolute atomic E-state index is 12.3. The Bertz CT molecular complexity index is 901. The van der Waals surface area contributed by atoms with Crippen molar-refractivity contribution in [2.24, 2.45) is 0 Å². The highest BCUT2D eigenvalue weighted by Gasteiger charge is 2.10. The highest BCUT2D eigenvalue weighted by atomic mass is 16.5. The molecule has 0 saturated heterocycles. The van der Waals surface area contributed by atoms with E-state index < -0.39 is 0 Å². The SMILES string of the molecule is CC(C)c1ccc(NC(=O)CN(C)CCCc2cc(-c3ccccc3)no2)cc1. The van der Waals surface area contributed by atoms with E-state index in [2.05, 4.69) is 36.5 Å². The molecule has 1 N–H and O–H groups in total. The number of nitrogens with one attached hydrogen (secondary N) is 1. The maximum atomic E-state index is 12.3. The molecule has 2 aromatic carbocycles. The lowest BCUT2D eigenvalue weighted by Crippen LogP contribution is -2.31. The average molecular weight is 392 g/mol. The van der Waals surface area contributed by atoms with E-state index >= 15 is 0 Å². The number of anilines is 1. The van der Waals surface area contributed by atoms with Crippen LogP contribution in [0.5, 0.6) is 0 Å². The van der Waals surface area contributed by atoms with Crippen molar-refractivity contribution < 1.29 is 9.32 Å². The molecule has 1 amide bonds. The van der Waals surface area contributed by atoms with Crippen LogP contribution in [0.2, 0.25) is 0 Å². The molecule has 0 aliphatic carbocycles. The molecule has 3 rings (SSSR count). The van der Waals surface area contributed by atoms with E-state index in [1.54, 1.807) is 0 Å². The first-order valence-corrected chi connectivity index (χ1v) is 10.1. The molecule has 1 aromatic heterocycles. The molecule has 3 aromatic rings. The Hall–Kier alpha value is -2.92. The zero-order valence-corrected chi connectivity index (χ0v) is 17.4. The standard InChI is InChI=1S/C24H29N3O2/c1-18(2)19-11-13-21(14-12-19)25-24(28)17-27(3)15-7-10-22-16-23(26-29-22)20-8-5-4-6-9-20/h4-6,8-9,11-14,16,18H,7,10,15,17H2,1-3H3,(H,25,28). The average Bonchev–Trinajstić information content (AvgIpc) is 3.18. The van der Waals surface area contributed by atoms with Crippen LogP contribution in [0.1, 0.15) is 37.5 Å². The minimum atomic E-state index is -0.00386. The molecule has 0 aliphatic heterocycles. The molecule has 0 saturated carbocycles. The molecule has 29 heavy (non-hydrogen) atoms. The Kier molecular flexibility index (Phi) is 7.19. The molecule has 5 nitrogen and oxygen atoms in total. The highest BCUT2D eigenvalue weighted by Crippen LogP contribution is 2.19. The van der Waals surface area contributed by atoms with Gasteiger partial charge < -0.3 is 9.84 Å². The monoisotopic (exact) mass is 391 g/mol. The topological polar surface area (TPSA) is 58.4 Å². The van der Waals surface area contributed by atoms with Crippen LogP contribution in [-0.4, -0.2) is 36.1 Å². The van der Waals surface area contributed by atoms with Crippen molar-refractivity contribution in [1.82, 2.24) is 10.1 Å². The van der Waals surface area contributed by atoms with E-state index in [0.717, 1.165) is 42.1 Å². The van der Waals surface area contributed by atoms with Gasteiger partial charge in [-0.05, 0) is 43.6 Å². The Morgan fingerprint density at radius 2 is 1.83 bits per heavy atom. The molecule has 0 spiro atoms. The molecular formula is C24H29N3O2. The van der Waals surface area contributed by atoms with Crippen LogP contribution in [-0.2, 0) is 11.2 Å². The van der Waals surface area contributed by atoms with Crippen LogP contribution < -0.4 is 5.32 Å². The van der Waals surface area contributed by atoms with Crippen LogP contribution >= 0.6 is 0 Å². The third kappa shape index (κ3) is 6.29. The second-order valence-corrected chi connectivity index (χ2v) is 7.71. The van der Waals surface area contributed by atoms with E-state index in [1.165, 1.54) is 5.56 Å². The fourth-order valence-electron chi connectivity index (χ4n) is 3.18. The fourth-order valence-corrected chi connectivity index (χ4v) is 3.18. The number of hydrogen-bond donors (Lipinski definition) is 1. The van der Waals surface area contributed by atoms with Crippen LogP contribution in [0.25, 0.3) is 11.3 Å². The van der Waals surface area contributed by atoms with Gasteiger partial charge in [0.05, 0.1) is 6.54 Å². The summed E-state index contributed by atoms with van der Waals surface area (Å²) < 4.78 is 5.44. The van der Waals surface area contributed by atoms with Gasteiger partial charge in [0.2, 0.25) is 5.91 Å². The van der Waals surface area contributed by atoms with Crippen molar-refractivity contribution in [3.8, 4) is 11.3 Å². The lowest BCUT2D eigenvalue weighted by molar-refractivity contribution is -0.117. The first-order chi connectivity index (χ1) is 14.0. The van der Waals surface area contributed by atoms with Crippen LogP contribution in [0.4, 0.5) is 5.69 Å². The van der Waals surface area contributed by atoms with Gasteiger partial charge >= 0.3 is 0 Å². The summed E-state index contributed by atoms with van der Waals surface area (Å²) in [6.07, 6.45) is 1.69. The Labute approximate surface area is 172 Å². The van der Waals surface area contributed by atoms with E-state index in [1.807, 2.05) is 60.5 Å². The van der Waals surface area contributed by atoms with Crippen LogP contribution in [0, 0.1) is 0 Å². The molecule has 0 bridgehead atoms. The molecule has 0 radical (unpaired) electrons. The van der Waals surface area contributed by atoms with Gasteiger partial charge in [-0.2, -0.15) is 0 Å². The summed E-state index contributed by atoms with van der Waals surface area (Å²) in [5.74, 6) is 1.35. The lowest BCUT2D eigenvalue weighted by atomic mass is 10.0. The Morgan fingerprint density at radius 1 is 1.10 bits per heavy atom. The number of rotatable bonds is 9. The number of hydrogen-bond acceptors (Lipinski definition) is 4. The number of aryl methyl sites for hydroxylation is 1. The first kappa shape index (κ1) is 20.8. The second-order valence-electron chi connectivity index (χ2n) is 7.71. The van der Waals surface area contributed by atoms with Gasteiger partial charge in [-0.25, -0.2) is 0 Å². The van der Waals surface area contributed by atoms with Crippen LogP contribution in [0.3, 0.4) is 0 Å². The van der Waals surface area contributed by atoms with E-state index in [-0.39, 0.29) is 5.91 Å². The molecular weight excluding hydrogens is 362 g/mol. The van der Waals surface area contributed by atoms with Crippen LogP contribution in [0.15, 0.2) is 65.2 Å². The van der Waals surface area contributed by atoms with E-state index in [4.69, 9.17) is 4.52 Å². The number of aromatic nitrogens is 1. The first-order valence-electron chi connectivity index (χ1n) is 10.1. The molecule has 5 heteroatoms. The van der Waals surface area contributed by atoms with Crippen molar-refractivity contribution in [3.05, 3.63) is 72.0 Å². The van der Waals surface area contributed by atoms with E-state index in [9.17, 15) is 4.79 Å². The summed E-state index contributed by atoms with van der Waals surface area (Å²) in [5, 5.41) is 7.10. The lowest BCUT2D eigenvalue weighted by Gasteiger charge is -2.16. The van der Waals surface area contributed by atoms with Gasteiger partial charge in [0.25, 0.3) is 0 Å². The molecule has 0 fully saturated rings. The number of nitrogens with zero attached hydrogens (tertiary/aromatic N) is 2. The van der Waals surface area contributed by atoms with Gasteiger partial charge in [0.1, 0.15) is 11.5 Å². The predicted molar refractivity (Wildman–Crippen MR) is 117 cm³/mol. The summed E-state index contributed by atoms with van der Waals surface area (Å²) >= 11 is 0. The molecule has 0 atom stereocenters. The second kappa shape index (κ2) is 10.0. The van der Waals surface area contributed by atoms with Crippen molar-refractivity contribution in [3.63, 3.8) is 0 Å². The number of carbonyl (C=O) groups excluding carboxylic acids is 1. The summed E-state index contributed by atoms with van der Waals surface area (Å²) in [5.41, 5.74) is 4.01. The summed E-state index contributed by atoms with van der Waals surface area (Å²) in [6.45, 7) is 5.48. The van der Waals surface area contributed by atoms with Gasteiger partial charge in [-0.3, -0.25) is 9.69 Å². The summed E-state index contributed by atoms with van der Waals surface area (Å²) in [7, 11) is 1.96. The third-order valence-corrected chi connectivity index (χ3v) is 4.87. The normalized spacial score (nSPS) is 11.2. The summed E-state index contributed by atoms with van der Waals surface area (Å²) in [4.78, 5) is 14.3. The quantitative estimate of drug-likeness (QED) is 0.560. The maximum Gasteiger partial charge on any atom is 0.238 e. The number of benzene rings is 2. The van der Waals surface area contributed by atoms with Crippen molar-refractivity contribution in [2.75, 3.05) is 25.5 Å². The number of likely N-dealkylation sites (N-methyl/N-ethyl adjacent to an activating group) is 1. The largest absolute Gasteiger partial charge is 0.361 e. The zero-order valence-electron chi connectivity index (χ0n) is 17.4. The number of carbonyl (C=O) groups is 1. The van der Waals surface area contributed by atoms with Gasteiger partial charge in [0.15, 0.2) is 0 Å². The van der Waals surface area contributed by atoms with Crippen molar-refractivity contribution in [1.29, 1.82) is 0 Å². The molecule has 0 unspecified atom stereocenters. The zero-order chi connectivity index (χ0) is 20.6. The molecule has 1 heterocycles. The third-order valence-electron chi connectivity index (χ3n) is 4.87. The Balaban J connectivity index is 1.40. The minimum Gasteiger partial charge on any atom is -0.361 e. The smallest absolute Gasteiger partial charge is 0.238 e. The number of amides is 1. The van der Waals surface area contributed by atoms with Crippen molar-refractivity contribution >= 4 is 11.6 Å². The van der Waals surface area contributed by atoms with E-state index in [0.29, 0.717) is 12.5 Å². The fraction of sp³-hybridized carbons (Fsp3) is 0.333. The minimum absolute atomic E-state index is 0.00386. The molecule has 0 aliphatic rings. The van der Waals surface area contributed by atoms with Gasteiger partial charge in [-0.15, -0.1) is 0 Å². The highest BCUT2D eigenvalue weighted by molar-refractivity contribution is 5.92. The molecule has 152 valence electrons. The van der Waals surface area contributed by atoms with Gasteiger partial charge in [-0.1, -0.05) is 61.5 Å².